The predicted molar refractivity (Wildman–Crippen MR) is 98.2 cm³/mol. The van der Waals surface area contributed by atoms with Crippen molar-refractivity contribution in [2.24, 2.45) is 0 Å². The average molecular weight is 339 g/mol. The van der Waals surface area contributed by atoms with Gasteiger partial charge in [-0.25, -0.2) is 0 Å². The van der Waals surface area contributed by atoms with Crippen molar-refractivity contribution in [2.45, 2.75) is 52.6 Å². The Hall–Kier alpha value is -2.33. The minimum absolute atomic E-state index is 0.252. The third-order valence-electron chi connectivity index (χ3n) is 4.67. The lowest BCUT2D eigenvalue weighted by Crippen LogP contribution is -2.27. The lowest BCUT2D eigenvalue weighted by molar-refractivity contribution is -0.123. The number of anilines is 1. The zero-order chi connectivity index (χ0) is 18.0. The first-order chi connectivity index (χ1) is 12.0. The number of carbonyl (C=O) groups is 1. The van der Waals surface area contributed by atoms with Crippen molar-refractivity contribution in [1.82, 2.24) is 0 Å². The molecule has 0 heterocycles. The summed E-state index contributed by atoms with van der Waals surface area (Å²) in [5.41, 5.74) is 4.87. The highest BCUT2D eigenvalue weighted by molar-refractivity contribution is 5.91. The third-order valence-corrected chi connectivity index (χ3v) is 4.67. The number of hydroxylamine groups is 1. The van der Waals surface area contributed by atoms with Crippen LogP contribution in [0.1, 0.15) is 54.4 Å². The van der Waals surface area contributed by atoms with E-state index in [9.17, 15) is 10.0 Å². The topological polar surface area (TPSA) is 49.8 Å². The average Bonchev–Trinajstić information content (AvgIpc) is 3.44. The number of ether oxygens (including phenoxy) is 1. The Morgan fingerprint density at radius 2 is 2.00 bits per heavy atom. The van der Waals surface area contributed by atoms with Crippen molar-refractivity contribution in [3.05, 3.63) is 58.7 Å². The highest BCUT2D eigenvalue weighted by atomic mass is 16.5. The van der Waals surface area contributed by atoms with Gasteiger partial charge in [0.15, 0.2) is 0 Å². The van der Waals surface area contributed by atoms with E-state index in [1.54, 1.807) is 13.0 Å². The molecule has 1 N–H and O–H groups in total. The molecule has 0 radical (unpaired) electrons. The fourth-order valence-corrected chi connectivity index (χ4v) is 3.12. The van der Waals surface area contributed by atoms with Crippen molar-refractivity contribution in [3.8, 4) is 5.75 Å². The van der Waals surface area contributed by atoms with Gasteiger partial charge in [0.2, 0.25) is 5.91 Å². The van der Waals surface area contributed by atoms with Gasteiger partial charge in [0.25, 0.3) is 0 Å². The van der Waals surface area contributed by atoms with Crippen LogP contribution in [0.2, 0.25) is 0 Å². The molecule has 2 aromatic carbocycles. The van der Waals surface area contributed by atoms with E-state index in [2.05, 4.69) is 19.1 Å². The Balaban J connectivity index is 1.91. The summed E-state index contributed by atoms with van der Waals surface area (Å²) in [6, 6.07) is 11.8. The van der Waals surface area contributed by atoms with E-state index >= 15 is 0 Å². The molecule has 2 aromatic rings. The molecule has 4 nitrogen and oxygen atoms in total. The molecule has 0 atom stereocenters. The van der Waals surface area contributed by atoms with E-state index in [1.165, 1.54) is 11.1 Å². The Labute approximate surface area is 149 Å². The van der Waals surface area contributed by atoms with E-state index in [0.717, 1.165) is 34.8 Å². The molecule has 1 aliphatic carbocycles. The standard InChI is InChI=1S/C21H25NO3/c1-4-21(23)22(24)19-7-5-6-17(16-9-10-16)18(19)13-25-20-11-8-14(2)12-15(20)3/h5-8,11-12,16,24H,4,9-10,13H2,1-3H3. The zero-order valence-corrected chi connectivity index (χ0v) is 15.1. The molecule has 0 spiro atoms. The molecule has 1 fully saturated rings. The molecule has 0 saturated heterocycles. The molecule has 0 bridgehead atoms. The van der Waals surface area contributed by atoms with E-state index in [4.69, 9.17) is 4.74 Å². The van der Waals surface area contributed by atoms with Crippen LogP contribution in [-0.2, 0) is 11.4 Å². The summed E-state index contributed by atoms with van der Waals surface area (Å²) >= 11 is 0. The summed E-state index contributed by atoms with van der Waals surface area (Å²) in [6.07, 6.45) is 2.54. The SMILES string of the molecule is CCC(=O)N(O)c1cccc(C2CC2)c1COc1ccc(C)cc1C. The number of hydrogen-bond acceptors (Lipinski definition) is 3. The molecule has 1 aliphatic rings. The molecule has 132 valence electrons. The van der Waals surface area contributed by atoms with E-state index in [0.29, 0.717) is 18.2 Å². The molecule has 0 unspecified atom stereocenters. The van der Waals surface area contributed by atoms with Crippen molar-refractivity contribution in [1.29, 1.82) is 0 Å². The van der Waals surface area contributed by atoms with Gasteiger partial charge in [-0.05, 0) is 55.9 Å². The smallest absolute Gasteiger partial charge is 0.250 e. The van der Waals surface area contributed by atoms with Crippen molar-refractivity contribution < 1.29 is 14.7 Å². The third kappa shape index (κ3) is 3.85. The number of rotatable bonds is 6. The maximum Gasteiger partial charge on any atom is 0.250 e. The van der Waals surface area contributed by atoms with Gasteiger partial charge in [-0.1, -0.05) is 36.8 Å². The van der Waals surface area contributed by atoms with E-state index in [-0.39, 0.29) is 12.3 Å². The van der Waals surface area contributed by atoms with Crippen molar-refractivity contribution >= 4 is 11.6 Å². The molecule has 25 heavy (non-hydrogen) atoms. The number of carbonyl (C=O) groups excluding carboxylic acids is 1. The Bertz CT molecular complexity index is 781. The van der Waals surface area contributed by atoms with Crippen LogP contribution in [0, 0.1) is 13.8 Å². The predicted octanol–water partition coefficient (Wildman–Crippen LogP) is 4.89. The number of benzene rings is 2. The van der Waals surface area contributed by atoms with E-state index < -0.39 is 0 Å². The zero-order valence-electron chi connectivity index (χ0n) is 15.1. The van der Waals surface area contributed by atoms with Gasteiger partial charge in [0.05, 0.1) is 5.69 Å². The highest BCUT2D eigenvalue weighted by Crippen LogP contribution is 2.44. The Morgan fingerprint density at radius 3 is 2.64 bits per heavy atom. The summed E-state index contributed by atoms with van der Waals surface area (Å²) < 4.78 is 6.05. The fourth-order valence-electron chi connectivity index (χ4n) is 3.12. The van der Waals surface area contributed by atoms with Crippen LogP contribution in [-0.4, -0.2) is 11.1 Å². The normalized spacial score (nSPS) is 13.6. The molecular formula is C21H25NO3. The molecular weight excluding hydrogens is 314 g/mol. The van der Waals surface area contributed by atoms with Crippen LogP contribution in [0.25, 0.3) is 0 Å². The van der Waals surface area contributed by atoms with Crippen LogP contribution < -0.4 is 9.80 Å². The van der Waals surface area contributed by atoms with Crippen LogP contribution in [0.4, 0.5) is 5.69 Å². The van der Waals surface area contributed by atoms with Crippen LogP contribution in [0.3, 0.4) is 0 Å². The lowest BCUT2D eigenvalue weighted by Gasteiger charge is -2.21. The number of nitrogens with zero attached hydrogens (tertiary/aromatic N) is 1. The second-order valence-electron chi connectivity index (χ2n) is 6.74. The first-order valence-electron chi connectivity index (χ1n) is 8.85. The fraction of sp³-hybridized carbons (Fsp3) is 0.381. The minimum atomic E-state index is -0.319. The minimum Gasteiger partial charge on any atom is -0.489 e. The van der Waals surface area contributed by atoms with Gasteiger partial charge in [-0.2, -0.15) is 5.06 Å². The van der Waals surface area contributed by atoms with Gasteiger partial charge in [-0.15, -0.1) is 0 Å². The monoisotopic (exact) mass is 339 g/mol. The van der Waals surface area contributed by atoms with Gasteiger partial charge in [-0.3, -0.25) is 10.0 Å². The number of aryl methyl sites for hydroxylation is 2. The number of amides is 1. The van der Waals surface area contributed by atoms with Crippen LogP contribution in [0.5, 0.6) is 5.75 Å². The molecule has 1 amide bonds. The second kappa shape index (κ2) is 7.28. The molecule has 0 aromatic heterocycles. The van der Waals surface area contributed by atoms with Crippen molar-refractivity contribution in [3.63, 3.8) is 0 Å². The molecule has 0 aliphatic heterocycles. The van der Waals surface area contributed by atoms with Crippen LogP contribution >= 0.6 is 0 Å². The summed E-state index contributed by atoms with van der Waals surface area (Å²) in [4.78, 5) is 12.0. The second-order valence-corrected chi connectivity index (χ2v) is 6.74. The molecule has 4 heteroatoms. The van der Waals surface area contributed by atoms with Gasteiger partial charge in [0.1, 0.15) is 12.4 Å². The first kappa shape index (κ1) is 17.5. The quantitative estimate of drug-likeness (QED) is 0.602. The largest absolute Gasteiger partial charge is 0.489 e. The Kier molecular flexibility index (Phi) is 5.09. The molecule has 1 saturated carbocycles. The lowest BCUT2D eigenvalue weighted by atomic mass is 10.0. The highest BCUT2D eigenvalue weighted by Gasteiger charge is 2.29. The number of hydrogen-bond donors (Lipinski definition) is 1. The van der Waals surface area contributed by atoms with E-state index in [1.807, 2.05) is 25.1 Å². The van der Waals surface area contributed by atoms with Gasteiger partial charge in [0, 0.05) is 12.0 Å². The maximum absolute atomic E-state index is 12.0. The Morgan fingerprint density at radius 1 is 1.24 bits per heavy atom. The van der Waals surface area contributed by atoms with Crippen molar-refractivity contribution in [2.75, 3.05) is 5.06 Å². The summed E-state index contributed by atoms with van der Waals surface area (Å²) in [6.45, 7) is 6.15. The summed E-state index contributed by atoms with van der Waals surface area (Å²) in [5, 5.41) is 11.1. The maximum atomic E-state index is 12.0. The van der Waals surface area contributed by atoms with Crippen LogP contribution in [0.15, 0.2) is 36.4 Å². The van der Waals surface area contributed by atoms with Gasteiger partial charge >= 0.3 is 0 Å². The first-order valence-corrected chi connectivity index (χ1v) is 8.85. The summed E-state index contributed by atoms with van der Waals surface area (Å²) in [7, 11) is 0. The van der Waals surface area contributed by atoms with Gasteiger partial charge < -0.3 is 4.74 Å². The summed E-state index contributed by atoms with van der Waals surface area (Å²) in [5.74, 6) is 1.01. The molecule has 3 rings (SSSR count).